The fourth-order valence-corrected chi connectivity index (χ4v) is 2.65. The Hall–Kier alpha value is -2.54. The summed E-state index contributed by atoms with van der Waals surface area (Å²) in [5, 5.41) is 10.6. The summed E-state index contributed by atoms with van der Waals surface area (Å²) in [6.45, 7) is 0. The van der Waals surface area contributed by atoms with Crippen molar-refractivity contribution in [3.63, 3.8) is 0 Å². The lowest BCUT2D eigenvalue weighted by Gasteiger charge is -2.10. The summed E-state index contributed by atoms with van der Waals surface area (Å²) in [5.74, 6) is 0.190. The van der Waals surface area contributed by atoms with Crippen molar-refractivity contribution in [2.45, 2.75) is 0 Å². The molecule has 5 heteroatoms. The minimum atomic E-state index is 0.190. The van der Waals surface area contributed by atoms with E-state index in [0.717, 1.165) is 11.1 Å². The molecule has 0 fully saturated rings. The van der Waals surface area contributed by atoms with E-state index in [4.69, 9.17) is 28.9 Å². The van der Waals surface area contributed by atoms with Crippen LogP contribution in [0, 0.1) is 11.3 Å². The molecule has 0 unspecified atom stereocenters. The molecule has 2 N–H and O–H groups in total. The van der Waals surface area contributed by atoms with Gasteiger partial charge in [0.2, 0.25) is 0 Å². The molecule has 0 saturated carbocycles. The highest BCUT2D eigenvalue weighted by atomic mass is 35.5. The maximum atomic E-state index is 9.40. The smallest absolute Gasteiger partial charge is 0.142 e. The first kappa shape index (κ1) is 15.4. The number of nitrogens with two attached hydrogens (primary N) is 1. The standard InChI is InChI=1S/C18H11Cl2N3/c19-13-6-4-11(5-7-13)15-9-17(23-18(22)16(15)10-21)12-2-1-3-14(20)8-12/h1-9H,(H2,22,23). The Morgan fingerprint density at radius 2 is 1.65 bits per heavy atom. The van der Waals surface area contributed by atoms with Crippen LogP contribution in [0.3, 0.4) is 0 Å². The Balaban J connectivity index is 2.22. The molecule has 0 aliphatic heterocycles. The lowest BCUT2D eigenvalue weighted by atomic mass is 9.98. The van der Waals surface area contributed by atoms with E-state index < -0.39 is 0 Å². The summed E-state index contributed by atoms with van der Waals surface area (Å²) < 4.78 is 0. The van der Waals surface area contributed by atoms with Gasteiger partial charge in [-0.15, -0.1) is 0 Å². The molecular weight excluding hydrogens is 329 g/mol. The molecule has 2 aromatic carbocycles. The Morgan fingerprint density at radius 3 is 2.30 bits per heavy atom. The first-order valence-corrected chi connectivity index (χ1v) is 7.56. The van der Waals surface area contributed by atoms with Gasteiger partial charge >= 0.3 is 0 Å². The number of nitrogens with zero attached hydrogens (tertiary/aromatic N) is 2. The highest BCUT2D eigenvalue weighted by Crippen LogP contribution is 2.32. The Labute approximate surface area is 143 Å². The minimum Gasteiger partial charge on any atom is -0.383 e. The maximum Gasteiger partial charge on any atom is 0.142 e. The van der Waals surface area contributed by atoms with Gasteiger partial charge in [-0.2, -0.15) is 5.26 Å². The summed E-state index contributed by atoms with van der Waals surface area (Å²) >= 11 is 12.0. The van der Waals surface area contributed by atoms with Gasteiger partial charge in [-0.25, -0.2) is 4.98 Å². The molecule has 0 radical (unpaired) electrons. The van der Waals surface area contributed by atoms with Crippen molar-refractivity contribution in [3.8, 4) is 28.5 Å². The van der Waals surface area contributed by atoms with Gasteiger partial charge in [0.15, 0.2) is 0 Å². The predicted molar refractivity (Wildman–Crippen MR) is 94.3 cm³/mol. The average Bonchev–Trinajstić information content (AvgIpc) is 2.55. The monoisotopic (exact) mass is 339 g/mol. The van der Waals surface area contributed by atoms with Gasteiger partial charge in [-0.05, 0) is 35.9 Å². The number of rotatable bonds is 2. The fourth-order valence-electron chi connectivity index (χ4n) is 2.34. The fraction of sp³-hybridized carbons (Fsp3) is 0. The topological polar surface area (TPSA) is 62.7 Å². The molecule has 23 heavy (non-hydrogen) atoms. The van der Waals surface area contributed by atoms with Crippen molar-refractivity contribution in [3.05, 3.63) is 70.2 Å². The lowest BCUT2D eigenvalue weighted by Crippen LogP contribution is -1.99. The Bertz CT molecular complexity index is 913. The zero-order chi connectivity index (χ0) is 16.4. The van der Waals surface area contributed by atoms with E-state index in [1.165, 1.54) is 0 Å². The maximum absolute atomic E-state index is 9.40. The lowest BCUT2D eigenvalue weighted by molar-refractivity contribution is 1.31. The Kier molecular flexibility index (Phi) is 4.20. The second-order valence-corrected chi connectivity index (χ2v) is 5.82. The molecule has 0 aliphatic carbocycles. The van der Waals surface area contributed by atoms with E-state index in [9.17, 15) is 5.26 Å². The highest BCUT2D eigenvalue weighted by Gasteiger charge is 2.13. The van der Waals surface area contributed by atoms with E-state index in [0.29, 0.717) is 26.9 Å². The van der Waals surface area contributed by atoms with E-state index >= 15 is 0 Å². The van der Waals surface area contributed by atoms with Crippen molar-refractivity contribution < 1.29 is 0 Å². The molecule has 3 nitrogen and oxygen atoms in total. The number of hydrogen-bond donors (Lipinski definition) is 1. The molecule has 112 valence electrons. The molecular formula is C18H11Cl2N3. The predicted octanol–water partition coefficient (Wildman–Crippen LogP) is 5.18. The summed E-state index contributed by atoms with van der Waals surface area (Å²) in [6, 6.07) is 18.5. The first-order valence-electron chi connectivity index (χ1n) is 6.81. The van der Waals surface area contributed by atoms with Crippen molar-refractivity contribution in [1.82, 2.24) is 4.98 Å². The van der Waals surface area contributed by atoms with Gasteiger partial charge in [0.25, 0.3) is 0 Å². The zero-order valence-corrected chi connectivity index (χ0v) is 13.4. The molecule has 3 aromatic rings. The summed E-state index contributed by atoms with van der Waals surface area (Å²) in [6.07, 6.45) is 0. The number of anilines is 1. The zero-order valence-electron chi connectivity index (χ0n) is 11.9. The summed E-state index contributed by atoms with van der Waals surface area (Å²) in [5.41, 5.74) is 9.39. The van der Waals surface area contributed by atoms with Crippen LogP contribution in [-0.2, 0) is 0 Å². The average molecular weight is 340 g/mol. The number of halogens is 2. The Morgan fingerprint density at radius 1 is 0.913 bits per heavy atom. The van der Waals surface area contributed by atoms with E-state index in [2.05, 4.69) is 11.1 Å². The summed E-state index contributed by atoms with van der Waals surface area (Å²) in [7, 11) is 0. The quantitative estimate of drug-likeness (QED) is 0.699. The van der Waals surface area contributed by atoms with Crippen molar-refractivity contribution in [2.75, 3.05) is 5.73 Å². The third-order valence-electron chi connectivity index (χ3n) is 3.43. The van der Waals surface area contributed by atoms with Crippen molar-refractivity contribution in [1.29, 1.82) is 5.26 Å². The number of nitrogen functional groups attached to an aromatic ring is 1. The van der Waals surface area contributed by atoms with E-state index in [1.807, 2.05) is 30.3 Å². The van der Waals surface area contributed by atoms with Gasteiger partial charge in [-0.1, -0.05) is 47.5 Å². The van der Waals surface area contributed by atoms with Crippen LogP contribution >= 0.6 is 23.2 Å². The van der Waals surface area contributed by atoms with Gasteiger partial charge in [0, 0.05) is 21.2 Å². The number of aromatic nitrogens is 1. The van der Waals surface area contributed by atoms with Crippen LogP contribution in [0.2, 0.25) is 10.0 Å². The third-order valence-corrected chi connectivity index (χ3v) is 3.92. The largest absolute Gasteiger partial charge is 0.383 e. The van der Waals surface area contributed by atoms with Crippen LogP contribution in [0.25, 0.3) is 22.4 Å². The minimum absolute atomic E-state index is 0.190. The van der Waals surface area contributed by atoms with Gasteiger partial charge < -0.3 is 5.73 Å². The van der Waals surface area contributed by atoms with Crippen molar-refractivity contribution >= 4 is 29.0 Å². The van der Waals surface area contributed by atoms with Gasteiger partial charge in [-0.3, -0.25) is 0 Å². The molecule has 1 aromatic heterocycles. The third kappa shape index (κ3) is 3.14. The molecule has 1 heterocycles. The van der Waals surface area contributed by atoms with E-state index in [1.54, 1.807) is 24.3 Å². The van der Waals surface area contributed by atoms with Crippen LogP contribution in [-0.4, -0.2) is 4.98 Å². The highest BCUT2D eigenvalue weighted by molar-refractivity contribution is 6.31. The van der Waals surface area contributed by atoms with Crippen LogP contribution in [0.15, 0.2) is 54.6 Å². The van der Waals surface area contributed by atoms with Crippen LogP contribution in [0.4, 0.5) is 5.82 Å². The molecule has 0 atom stereocenters. The van der Waals surface area contributed by atoms with Crippen LogP contribution < -0.4 is 5.73 Å². The van der Waals surface area contributed by atoms with Gasteiger partial charge in [0.1, 0.15) is 17.5 Å². The number of hydrogen-bond acceptors (Lipinski definition) is 3. The van der Waals surface area contributed by atoms with Crippen molar-refractivity contribution in [2.24, 2.45) is 0 Å². The molecule has 0 spiro atoms. The molecule has 0 bridgehead atoms. The number of pyridine rings is 1. The van der Waals surface area contributed by atoms with Crippen LogP contribution in [0.1, 0.15) is 5.56 Å². The van der Waals surface area contributed by atoms with E-state index in [-0.39, 0.29) is 5.82 Å². The van der Waals surface area contributed by atoms with Gasteiger partial charge in [0.05, 0.1) is 5.69 Å². The molecule has 0 amide bonds. The SMILES string of the molecule is N#Cc1c(-c2ccc(Cl)cc2)cc(-c2cccc(Cl)c2)nc1N. The molecule has 0 aliphatic rings. The first-order chi connectivity index (χ1) is 11.1. The normalized spacial score (nSPS) is 10.3. The number of benzene rings is 2. The van der Waals surface area contributed by atoms with Crippen LogP contribution in [0.5, 0.6) is 0 Å². The molecule has 3 rings (SSSR count). The second-order valence-electron chi connectivity index (χ2n) is 4.94. The molecule has 0 saturated heterocycles. The second kappa shape index (κ2) is 6.29. The summed E-state index contributed by atoms with van der Waals surface area (Å²) in [4.78, 5) is 4.33. The number of nitriles is 1.